The number of para-hydroxylation sites is 1. The summed E-state index contributed by atoms with van der Waals surface area (Å²) in [5, 5.41) is 14.2. The third-order valence-electron chi connectivity index (χ3n) is 3.77. The number of nitrogens with zero attached hydrogens (tertiary/aromatic N) is 4. The molecule has 0 bridgehead atoms. The van der Waals surface area contributed by atoms with E-state index in [1.54, 1.807) is 31.5 Å². The number of benzene rings is 1. The van der Waals surface area contributed by atoms with Crippen LogP contribution in [0.25, 0.3) is 0 Å². The molecule has 0 aliphatic heterocycles. The molecule has 154 valence electrons. The Labute approximate surface area is 163 Å². The predicted molar refractivity (Wildman–Crippen MR) is 102 cm³/mol. The highest BCUT2D eigenvalue weighted by Crippen LogP contribution is 2.33. The van der Waals surface area contributed by atoms with Crippen LogP contribution in [0.15, 0.2) is 29.5 Å². The number of guanidine groups is 1. The quantitative estimate of drug-likeness (QED) is 0.474. The number of hydrogen-bond acceptors (Lipinski definition) is 5. The minimum absolute atomic E-state index is 0.00433. The zero-order valence-corrected chi connectivity index (χ0v) is 16.3. The highest BCUT2D eigenvalue weighted by molar-refractivity contribution is 5.79. The van der Waals surface area contributed by atoms with Crippen molar-refractivity contribution in [3.05, 3.63) is 35.9 Å². The minimum atomic E-state index is -2.95. The molecule has 10 heteroatoms. The Hall–Kier alpha value is -2.91. The van der Waals surface area contributed by atoms with Gasteiger partial charge in [0.2, 0.25) is 0 Å². The average Bonchev–Trinajstić information content (AvgIpc) is 3.13. The van der Waals surface area contributed by atoms with Gasteiger partial charge in [0.15, 0.2) is 23.3 Å². The fraction of sp³-hybridized carbons (Fsp3) is 0.500. The van der Waals surface area contributed by atoms with Crippen LogP contribution in [0.2, 0.25) is 0 Å². The number of aryl methyl sites for hydroxylation is 1. The number of hydrogen-bond donors (Lipinski definition) is 2. The maximum Gasteiger partial charge on any atom is 0.387 e. The van der Waals surface area contributed by atoms with Gasteiger partial charge < -0.3 is 24.7 Å². The van der Waals surface area contributed by atoms with Crippen LogP contribution in [0, 0.1) is 0 Å². The molecule has 1 aromatic carbocycles. The highest BCUT2D eigenvalue weighted by atomic mass is 19.3. The Kier molecular flexibility index (Phi) is 8.44. The van der Waals surface area contributed by atoms with Gasteiger partial charge in [-0.25, -0.2) is 4.99 Å². The van der Waals surface area contributed by atoms with E-state index in [1.165, 1.54) is 0 Å². The maximum absolute atomic E-state index is 12.8. The van der Waals surface area contributed by atoms with E-state index >= 15 is 0 Å². The standard InChI is InChI=1S/C18H26F2N6O2/c1-4-21-18(23-11-15-25-24-12-26(15)5-2)22-10-13-8-7-9-14(27-6-3)16(13)28-17(19)20/h7-9,12,17H,4-6,10-11H2,1-3H3,(H2,21,22,23). The lowest BCUT2D eigenvalue weighted by Crippen LogP contribution is -2.37. The molecule has 0 atom stereocenters. The summed E-state index contributed by atoms with van der Waals surface area (Å²) in [6, 6.07) is 4.99. The zero-order chi connectivity index (χ0) is 20.4. The van der Waals surface area contributed by atoms with E-state index in [1.807, 2.05) is 18.4 Å². The van der Waals surface area contributed by atoms with E-state index in [9.17, 15) is 8.78 Å². The van der Waals surface area contributed by atoms with E-state index in [2.05, 4.69) is 30.6 Å². The Balaban J connectivity index is 2.16. The van der Waals surface area contributed by atoms with Gasteiger partial charge in [0.1, 0.15) is 6.33 Å². The molecule has 1 aromatic heterocycles. The van der Waals surface area contributed by atoms with Gasteiger partial charge in [-0.3, -0.25) is 0 Å². The lowest BCUT2D eigenvalue weighted by molar-refractivity contribution is -0.0520. The van der Waals surface area contributed by atoms with Crippen molar-refractivity contribution >= 4 is 5.96 Å². The molecule has 0 aliphatic rings. The van der Waals surface area contributed by atoms with Crippen molar-refractivity contribution in [2.75, 3.05) is 13.2 Å². The number of ether oxygens (including phenoxy) is 2. The van der Waals surface area contributed by atoms with E-state index < -0.39 is 6.61 Å². The molecule has 0 amide bonds. The van der Waals surface area contributed by atoms with Gasteiger partial charge in [-0.2, -0.15) is 8.78 Å². The summed E-state index contributed by atoms with van der Waals surface area (Å²) < 4.78 is 37.7. The smallest absolute Gasteiger partial charge is 0.387 e. The lowest BCUT2D eigenvalue weighted by Gasteiger charge is -2.15. The molecule has 2 N–H and O–H groups in total. The van der Waals surface area contributed by atoms with Crippen molar-refractivity contribution in [1.29, 1.82) is 0 Å². The van der Waals surface area contributed by atoms with Gasteiger partial charge in [-0.15, -0.1) is 10.2 Å². The first-order chi connectivity index (χ1) is 13.6. The molecule has 0 unspecified atom stereocenters. The van der Waals surface area contributed by atoms with Gasteiger partial charge in [0.25, 0.3) is 0 Å². The number of alkyl halides is 2. The number of halogens is 2. The van der Waals surface area contributed by atoms with E-state index in [0.29, 0.717) is 31.2 Å². The SMILES string of the molecule is CCNC(=NCc1cccc(OCC)c1OC(F)F)NCc1nncn1CC. The van der Waals surface area contributed by atoms with Gasteiger partial charge in [0, 0.05) is 18.7 Å². The van der Waals surface area contributed by atoms with Crippen molar-refractivity contribution in [2.24, 2.45) is 4.99 Å². The largest absolute Gasteiger partial charge is 0.490 e. The van der Waals surface area contributed by atoms with Gasteiger partial charge in [0.05, 0.1) is 19.7 Å². The Morgan fingerprint density at radius 1 is 1.25 bits per heavy atom. The molecule has 0 saturated carbocycles. The molecule has 2 aromatic rings. The van der Waals surface area contributed by atoms with Crippen molar-refractivity contribution in [2.45, 2.75) is 47.0 Å². The minimum Gasteiger partial charge on any atom is -0.490 e. The normalized spacial score (nSPS) is 11.6. The summed E-state index contributed by atoms with van der Waals surface area (Å²) in [5.41, 5.74) is 0.500. The van der Waals surface area contributed by atoms with Crippen molar-refractivity contribution in [3.8, 4) is 11.5 Å². The highest BCUT2D eigenvalue weighted by Gasteiger charge is 2.15. The second-order valence-corrected chi connectivity index (χ2v) is 5.64. The first-order valence-electron chi connectivity index (χ1n) is 9.17. The molecule has 8 nitrogen and oxygen atoms in total. The molecule has 0 radical (unpaired) electrons. The third-order valence-corrected chi connectivity index (χ3v) is 3.77. The molecule has 0 aliphatic carbocycles. The fourth-order valence-corrected chi connectivity index (χ4v) is 2.53. The fourth-order valence-electron chi connectivity index (χ4n) is 2.53. The van der Waals surface area contributed by atoms with E-state index in [0.717, 1.165) is 12.4 Å². The Bertz CT molecular complexity index is 766. The summed E-state index contributed by atoms with van der Waals surface area (Å²) >= 11 is 0. The Morgan fingerprint density at radius 3 is 2.75 bits per heavy atom. The van der Waals surface area contributed by atoms with E-state index in [-0.39, 0.29) is 18.0 Å². The second kappa shape index (κ2) is 11.1. The maximum atomic E-state index is 12.8. The van der Waals surface area contributed by atoms with Crippen molar-refractivity contribution in [1.82, 2.24) is 25.4 Å². The molecule has 0 saturated heterocycles. The van der Waals surface area contributed by atoms with Crippen LogP contribution >= 0.6 is 0 Å². The van der Waals surface area contributed by atoms with Crippen LogP contribution in [0.1, 0.15) is 32.2 Å². The summed E-state index contributed by atoms with van der Waals surface area (Å²) in [6.07, 6.45) is 1.66. The van der Waals surface area contributed by atoms with Gasteiger partial charge in [-0.1, -0.05) is 12.1 Å². The summed E-state index contributed by atoms with van der Waals surface area (Å²) in [6.45, 7) is 5.08. The second-order valence-electron chi connectivity index (χ2n) is 5.64. The molecular formula is C18H26F2N6O2. The van der Waals surface area contributed by atoms with Crippen LogP contribution in [0.5, 0.6) is 11.5 Å². The molecular weight excluding hydrogens is 370 g/mol. The lowest BCUT2D eigenvalue weighted by atomic mass is 10.2. The van der Waals surface area contributed by atoms with Crippen LogP contribution < -0.4 is 20.1 Å². The molecule has 28 heavy (non-hydrogen) atoms. The van der Waals surface area contributed by atoms with Crippen LogP contribution in [0.4, 0.5) is 8.78 Å². The first kappa shape index (κ1) is 21.4. The molecule has 1 heterocycles. The predicted octanol–water partition coefficient (Wildman–Crippen LogP) is 2.55. The number of aromatic nitrogens is 3. The molecule has 2 rings (SSSR count). The summed E-state index contributed by atoms with van der Waals surface area (Å²) in [7, 11) is 0. The number of aliphatic imine (C=N–C) groups is 1. The van der Waals surface area contributed by atoms with Crippen LogP contribution in [-0.2, 0) is 19.6 Å². The van der Waals surface area contributed by atoms with E-state index in [4.69, 9.17) is 4.74 Å². The van der Waals surface area contributed by atoms with Crippen molar-refractivity contribution in [3.63, 3.8) is 0 Å². The first-order valence-corrected chi connectivity index (χ1v) is 9.17. The zero-order valence-electron chi connectivity index (χ0n) is 16.3. The monoisotopic (exact) mass is 396 g/mol. The topological polar surface area (TPSA) is 85.6 Å². The molecule has 0 spiro atoms. The van der Waals surface area contributed by atoms with Crippen molar-refractivity contribution < 1.29 is 18.3 Å². The summed E-state index contributed by atoms with van der Waals surface area (Å²) in [5.74, 6) is 1.57. The molecule has 0 fully saturated rings. The van der Waals surface area contributed by atoms with Crippen LogP contribution in [0.3, 0.4) is 0 Å². The average molecular weight is 396 g/mol. The Morgan fingerprint density at radius 2 is 2.07 bits per heavy atom. The number of rotatable bonds is 10. The third kappa shape index (κ3) is 6.07. The summed E-state index contributed by atoms with van der Waals surface area (Å²) in [4.78, 5) is 4.46. The van der Waals surface area contributed by atoms with Gasteiger partial charge >= 0.3 is 6.61 Å². The van der Waals surface area contributed by atoms with Crippen LogP contribution in [-0.4, -0.2) is 40.5 Å². The number of nitrogens with one attached hydrogen (secondary N) is 2. The van der Waals surface area contributed by atoms with Gasteiger partial charge in [-0.05, 0) is 26.8 Å².